The molecule has 0 bridgehead atoms. The number of carbonyl (C=O) groups excluding carboxylic acids is 2. The number of nitrogens with zero attached hydrogens (tertiary/aromatic N) is 2. The van der Waals surface area contributed by atoms with Crippen molar-refractivity contribution in [1.29, 1.82) is 0 Å². The minimum Gasteiger partial charge on any atom is -0.278 e. The number of hydrogen-bond donors (Lipinski definition) is 0. The molecule has 0 radical (unpaired) electrons. The summed E-state index contributed by atoms with van der Waals surface area (Å²) in [5, 5.41) is 0. The number of carbonyl (C=O) groups is 2. The van der Waals surface area contributed by atoms with Gasteiger partial charge in [0.15, 0.2) is 0 Å². The van der Waals surface area contributed by atoms with Gasteiger partial charge in [-0.05, 0) is 51.0 Å². The predicted molar refractivity (Wildman–Crippen MR) is 98.9 cm³/mol. The fourth-order valence-electron chi connectivity index (χ4n) is 4.04. The van der Waals surface area contributed by atoms with Crippen molar-refractivity contribution in [3.63, 3.8) is 0 Å². The second kappa shape index (κ2) is 5.73. The van der Waals surface area contributed by atoms with E-state index in [-0.39, 0.29) is 11.9 Å². The summed E-state index contributed by atoms with van der Waals surface area (Å²) in [6, 6.07) is 15.2. The van der Waals surface area contributed by atoms with Gasteiger partial charge in [-0.15, -0.1) is 0 Å². The first-order valence-electron chi connectivity index (χ1n) is 8.85. The Balaban J connectivity index is 1.82. The number of rotatable bonds is 2. The Bertz CT molecular complexity index is 818. The van der Waals surface area contributed by atoms with Crippen molar-refractivity contribution in [1.82, 2.24) is 0 Å². The molecule has 1 saturated carbocycles. The van der Waals surface area contributed by atoms with E-state index in [1.807, 2.05) is 62.4 Å². The van der Waals surface area contributed by atoms with Gasteiger partial charge in [0.2, 0.25) is 0 Å². The average Bonchev–Trinajstić information content (AvgIpc) is 3.16. The Hall–Kier alpha value is -2.62. The zero-order valence-corrected chi connectivity index (χ0v) is 14.7. The van der Waals surface area contributed by atoms with Gasteiger partial charge in [0.25, 0.3) is 5.91 Å². The number of benzene rings is 2. The number of anilines is 2. The van der Waals surface area contributed by atoms with Gasteiger partial charge in [-0.3, -0.25) is 9.69 Å². The second-order valence-corrected chi connectivity index (χ2v) is 7.17. The van der Waals surface area contributed by atoms with Crippen LogP contribution in [0.15, 0.2) is 48.5 Å². The molecule has 0 N–H and O–H groups in total. The SMILES string of the molecule is Cc1ccc(N2C(=O)N(c3ccc(C)cc3)C3(CCCC3)C2=O)cc1. The van der Waals surface area contributed by atoms with Gasteiger partial charge in [-0.2, -0.15) is 0 Å². The first-order valence-corrected chi connectivity index (χ1v) is 8.85. The molecule has 25 heavy (non-hydrogen) atoms. The summed E-state index contributed by atoms with van der Waals surface area (Å²) in [5.74, 6) is -0.0839. The first kappa shape index (κ1) is 15.9. The minimum atomic E-state index is -0.725. The van der Waals surface area contributed by atoms with Gasteiger partial charge < -0.3 is 0 Å². The Morgan fingerprint density at radius 1 is 0.760 bits per heavy atom. The molecule has 128 valence electrons. The molecule has 3 amide bonds. The van der Waals surface area contributed by atoms with E-state index in [4.69, 9.17) is 0 Å². The van der Waals surface area contributed by atoms with Crippen LogP contribution in [0, 0.1) is 13.8 Å². The van der Waals surface area contributed by atoms with E-state index >= 15 is 0 Å². The molecule has 1 spiro atoms. The van der Waals surface area contributed by atoms with E-state index in [0.717, 1.165) is 42.5 Å². The topological polar surface area (TPSA) is 40.6 Å². The van der Waals surface area contributed by atoms with Crippen molar-refractivity contribution >= 4 is 23.3 Å². The highest BCUT2D eigenvalue weighted by atomic mass is 16.2. The van der Waals surface area contributed by atoms with Crippen LogP contribution in [0.2, 0.25) is 0 Å². The summed E-state index contributed by atoms with van der Waals surface area (Å²) >= 11 is 0. The molecule has 4 heteroatoms. The van der Waals surface area contributed by atoms with Crippen molar-refractivity contribution in [2.45, 2.75) is 45.1 Å². The van der Waals surface area contributed by atoms with Gasteiger partial charge in [-0.25, -0.2) is 9.69 Å². The summed E-state index contributed by atoms with van der Waals surface area (Å²) in [5.41, 5.74) is 2.98. The fraction of sp³-hybridized carbons (Fsp3) is 0.333. The maximum absolute atomic E-state index is 13.3. The molecule has 4 rings (SSSR count). The van der Waals surface area contributed by atoms with E-state index in [9.17, 15) is 9.59 Å². The van der Waals surface area contributed by atoms with Crippen LogP contribution in [0.25, 0.3) is 0 Å². The van der Waals surface area contributed by atoms with Crippen molar-refractivity contribution in [2.24, 2.45) is 0 Å². The molecular formula is C21H22N2O2. The molecule has 0 unspecified atom stereocenters. The van der Waals surface area contributed by atoms with E-state index in [2.05, 4.69) is 0 Å². The summed E-state index contributed by atoms with van der Waals surface area (Å²) in [6.45, 7) is 4.01. The molecular weight excluding hydrogens is 312 g/mol. The maximum atomic E-state index is 13.3. The van der Waals surface area contributed by atoms with E-state index < -0.39 is 5.54 Å². The first-order chi connectivity index (χ1) is 12.0. The molecule has 2 aliphatic rings. The third-order valence-corrected chi connectivity index (χ3v) is 5.43. The highest BCUT2D eigenvalue weighted by Crippen LogP contribution is 2.45. The maximum Gasteiger partial charge on any atom is 0.336 e. The van der Waals surface area contributed by atoms with Crippen LogP contribution in [-0.2, 0) is 4.79 Å². The van der Waals surface area contributed by atoms with E-state index in [1.54, 1.807) is 4.90 Å². The predicted octanol–water partition coefficient (Wildman–Crippen LogP) is 4.59. The lowest BCUT2D eigenvalue weighted by Crippen LogP contribution is -2.47. The van der Waals surface area contributed by atoms with Crippen molar-refractivity contribution < 1.29 is 9.59 Å². The third-order valence-electron chi connectivity index (χ3n) is 5.43. The Morgan fingerprint density at radius 2 is 1.24 bits per heavy atom. The third kappa shape index (κ3) is 2.36. The summed E-state index contributed by atoms with van der Waals surface area (Å²) in [4.78, 5) is 29.7. The zero-order valence-electron chi connectivity index (χ0n) is 14.7. The van der Waals surface area contributed by atoms with Gasteiger partial charge in [0, 0.05) is 5.69 Å². The number of aryl methyl sites for hydroxylation is 2. The van der Waals surface area contributed by atoms with Gasteiger partial charge in [0.05, 0.1) is 5.69 Å². The van der Waals surface area contributed by atoms with Gasteiger partial charge in [-0.1, -0.05) is 48.2 Å². The van der Waals surface area contributed by atoms with Gasteiger partial charge in [0.1, 0.15) is 5.54 Å². The van der Waals surface area contributed by atoms with Crippen molar-refractivity contribution in [3.8, 4) is 0 Å². The molecule has 2 aromatic rings. The smallest absolute Gasteiger partial charge is 0.278 e. The lowest BCUT2D eigenvalue weighted by atomic mass is 9.94. The number of urea groups is 1. The van der Waals surface area contributed by atoms with E-state index in [0.29, 0.717) is 5.69 Å². The van der Waals surface area contributed by atoms with Gasteiger partial charge >= 0.3 is 6.03 Å². The fourth-order valence-corrected chi connectivity index (χ4v) is 4.04. The molecule has 1 saturated heterocycles. The Kier molecular flexibility index (Phi) is 3.64. The summed E-state index contributed by atoms with van der Waals surface area (Å²) in [7, 11) is 0. The highest BCUT2D eigenvalue weighted by Gasteiger charge is 2.59. The molecule has 0 aromatic heterocycles. The summed E-state index contributed by atoms with van der Waals surface area (Å²) in [6.07, 6.45) is 3.41. The monoisotopic (exact) mass is 334 g/mol. The highest BCUT2D eigenvalue weighted by molar-refractivity contribution is 6.30. The van der Waals surface area contributed by atoms with Crippen LogP contribution < -0.4 is 9.80 Å². The molecule has 1 aliphatic heterocycles. The molecule has 0 atom stereocenters. The molecule has 2 aromatic carbocycles. The number of hydrogen-bond acceptors (Lipinski definition) is 2. The molecule has 2 fully saturated rings. The molecule has 4 nitrogen and oxygen atoms in total. The molecule has 1 aliphatic carbocycles. The lowest BCUT2D eigenvalue weighted by molar-refractivity contribution is -0.121. The standard InChI is InChI=1S/C21H22N2O2/c1-15-5-9-17(10-6-15)22-19(24)21(13-3-4-14-21)23(20(22)25)18-11-7-16(2)8-12-18/h5-12H,3-4,13-14H2,1-2H3. The number of amides is 3. The van der Waals surface area contributed by atoms with Crippen LogP contribution in [-0.4, -0.2) is 17.5 Å². The van der Waals surface area contributed by atoms with Crippen molar-refractivity contribution in [3.05, 3.63) is 59.7 Å². The Labute approximate surface area is 148 Å². The van der Waals surface area contributed by atoms with E-state index in [1.165, 1.54) is 4.90 Å². The average molecular weight is 334 g/mol. The Morgan fingerprint density at radius 3 is 1.76 bits per heavy atom. The second-order valence-electron chi connectivity index (χ2n) is 7.17. The lowest BCUT2D eigenvalue weighted by Gasteiger charge is -2.31. The number of imide groups is 1. The van der Waals surface area contributed by atoms with Crippen molar-refractivity contribution in [2.75, 3.05) is 9.80 Å². The minimum absolute atomic E-state index is 0.0839. The van der Waals surface area contributed by atoms with Crippen LogP contribution in [0.3, 0.4) is 0 Å². The van der Waals surface area contributed by atoms with Crippen LogP contribution in [0.5, 0.6) is 0 Å². The zero-order chi connectivity index (χ0) is 17.6. The summed E-state index contributed by atoms with van der Waals surface area (Å²) < 4.78 is 0. The van der Waals surface area contributed by atoms with Crippen LogP contribution >= 0.6 is 0 Å². The van der Waals surface area contributed by atoms with Crippen LogP contribution in [0.4, 0.5) is 16.2 Å². The molecule has 1 heterocycles. The normalized spacial score (nSPS) is 19.3. The largest absolute Gasteiger partial charge is 0.336 e. The van der Waals surface area contributed by atoms with Crippen LogP contribution in [0.1, 0.15) is 36.8 Å². The quantitative estimate of drug-likeness (QED) is 0.754.